The lowest BCUT2D eigenvalue weighted by Crippen LogP contribution is -2.52. The van der Waals surface area contributed by atoms with Gasteiger partial charge in [0.05, 0.1) is 17.2 Å². The molecule has 0 spiro atoms. The van der Waals surface area contributed by atoms with Gasteiger partial charge < -0.3 is 9.64 Å². The molecule has 2 aliphatic rings. The van der Waals surface area contributed by atoms with Gasteiger partial charge in [-0.05, 0) is 30.9 Å². The number of nitriles is 1. The fourth-order valence-corrected chi connectivity index (χ4v) is 4.35. The Bertz CT molecular complexity index is 908. The summed E-state index contributed by atoms with van der Waals surface area (Å²) in [5, 5.41) is 9.65. The van der Waals surface area contributed by atoms with Crippen LogP contribution in [-0.2, 0) is 14.3 Å². The molecular weight excluding hydrogens is 398 g/mol. The van der Waals surface area contributed by atoms with Gasteiger partial charge in [0.1, 0.15) is 11.6 Å². The number of imide groups is 1. The summed E-state index contributed by atoms with van der Waals surface area (Å²) in [6, 6.07) is 7.51. The monoisotopic (exact) mass is 425 g/mol. The zero-order chi connectivity index (χ0) is 22.8. The zero-order valence-electron chi connectivity index (χ0n) is 18.1. The summed E-state index contributed by atoms with van der Waals surface area (Å²) in [6.45, 7) is 2.86. The van der Waals surface area contributed by atoms with E-state index < -0.39 is 47.8 Å². The minimum atomic E-state index is -1.15. The molecule has 1 aliphatic heterocycles. The Morgan fingerprint density at radius 3 is 2.16 bits per heavy atom. The molecule has 1 atom stereocenters. The molecule has 8 heteroatoms. The van der Waals surface area contributed by atoms with Crippen LogP contribution in [0, 0.1) is 17.2 Å². The minimum Gasteiger partial charge on any atom is -0.454 e. The van der Waals surface area contributed by atoms with Gasteiger partial charge in [-0.3, -0.25) is 19.3 Å². The molecule has 0 unspecified atom stereocenters. The third-order valence-corrected chi connectivity index (χ3v) is 6.22. The van der Waals surface area contributed by atoms with Gasteiger partial charge in [0.15, 0.2) is 6.61 Å². The molecule has 164 valence electrons. The van der Waals surface area contributed by atoms with Crippen molar-refractivity contribution in [3.05, 3.63) is 35.4 Å². The summed E-state index contributed by atoms with van der Waals surface area (Å²) in [4.78, 5) is 53.4. The van der Waals surface area contributed by atoms with Gasteiger partial charge in [0.2, 0.25) is 0 Å². The summed E-state index contributed by atoms with van der Waals surface area (Å²) in [5.41, 5.74) is -0.396. The molecule has 1 saturated carbocycles. The maximum absolute atomic E-state index is 12.9. The van der Waals surface area contributed by atoms with E-state index in [9.17, 15) is 24.4 Å². The second kappa shape index (κ2) is 8.88. The van der Waals surface area contributed by atoms with Crippen LogP contribution < -0.4 is 0 Å². The van der Waals surface area contributed by atoms with E-state index in [1.165, 1.54) is 4.90 Å². The largest absolute Gasteiger partial charge is 0.454 e. The predicted molar refractivity (Wildman–Crippen MR) is 111 cm³/mol. The molecule has 1 fully saturated rings. The molecular formula is C23H27N3O5. The Hall–Kier alpha value is -3.21. The van der Waals surface area contributed by atoms with E-state index in [-0.39, 0.29) is 11.1 Å². The first kappa shape index (κ1) is 22.5. The van der Waals surface area contributed by atoms with E-state index in [0.717, 1.165) is 24.2 Å². The molecule has 0 aromatic heterocycles. The van der Waals surface area contributed by atoms with Gasteiger partial charge in [0.25, 0.3) is 17.7 Å². The normalized spacial score (nSPS) is 18.4. The highest BCUT2D eigenvalue weighted by molar-refractivity contribution is 6.22. The van der Waals surface area contributed by atoms with E-state index >= 15 is 0 Å². The van der Waals surface area contributed by atoms with Crippen LogP contribution in [0.2, 0.25) is 0 Å². The summed E-state index contributed by atoms with van der Waals surface area (Å²) >= 11 is 0. The Morgan fingerprint density at radius 1 is 1.13 bits per heavy atom. The number of nitrogens with zero attached hydrogens (tertiary/aromatic N) is 3. The van der Waals surface area contributed by atoms with Crippen LogP contribution >= 0.6 is 0 Å². The van der Waals surface area contributed by atoms with Crippen molar-refractivity contribution >= 4 is 23.7 Å². The molecule has 3 rings (SSSR count). The Kier molecular flexibility index (Phi) is 6.44. The molecule has 1 aromatic rings. The van der Waals surface area contributed by atoms with Gasteiger partial charge in [0, 0.05) is 7.05 Å². The number of hydrogen-bond acceptors (Lipinski definition) is 6. The number of carbonyl (C=O) groups excluding carboxylic acids is 4. The van der Waals surface area contributed by atoms with Crippen LogP contribution in [0.3, 0.4) is 0 Å². The molecule has 0 N–H and O–H groups in total. The van der Waals surface area contributed by atoms with E-state index in [2.05, 4.69) is 6.07 Å². The number of rotatable bonds is 6. The van der Waals surface area contributed by atoms with Crippen LogP contribution in [0.4, 0.5) is 0 Å². The fourth-order valence-electron chi connectivity index (χ4n) is 4.35. The first-order valence-corrected chi connectivity index (χ1v) is 10.5. The second-order valence-electron chi connectivity index (χ2n) is 8.48. The predicted octanol–water partition coefficient (Wildman–Crippen LogP) is 2.54. The van der Waals surface area contributed by atoms with Crippen LogP contribution in [0.5, 0.6) is 0 Å². The maximum Gasteiger partial charge on any atom is 0.330 e. The lowest BCUT2D eigenvalue weighted by atomic mass is 9.81. The number of ether oxygens (including phenoxy) is 1. The Labute approximate surface area is 181 Å². The van der Waals surface area contributed by atoms with Crippen molar-refractivity contribution in [3.8, 4) is 6.07 Å². The highest BCUT2D eigenvalue weighted by atomic mass is 16.5. The highest BCUT2D eigenvalue weighted by Gasteiger charge is 2.45. The van der Waals surface area contributed by atoms with Crippen LogP contribution in [0.1, 0.15) is 66.7 Å². The molecule has 1 heterocycles. The van der Waals surface area contributed by atoms with Gasteiger partial charge in [-0.15, -0.1) is 0 Å². The number of benzene rings is 1. The van der Waals surface area contributed by atoms with Crippen molar-refractivity contribution in [2.45, 2.75) is 57.5 Å². The molecule has 0 radical (unpaired) electrons. The first-order chi connectivity index (χ1) is 14.7. The second-order valence-corrected chi connectivity index (χ2v) is 8.48. The molecule has 1 aliphatic carbocycles. The van der Waals surface area contributed by atoms with E-state index in [1.807, 2.05) is 0 Å². The quantitative estimate of drug-likeness (QED) is 0.512. The minimum absolute atomic E-state index is 0.245. The number of amides is 3. The molecule has 3 amide bonds. The van der Waals surface area contributed by atoms with Gasteiger partial charge in [-0.25, -0.2) is 4.79 Å². The standard InChI is InChI=1S/C23H27N3O5/c1-15(2)19(26-20(28)16-9-5-6-10-17(16)21(26)29)22(30)31-13-18(27)25(3)23(14-24)11-7-4-8-12-23/h5-6,9-10,15,19H,4,7-8,11-13H2,1-3H3/t19-/m1/s1. The van der Waals surface area contributed by atoms with Crippen molar-refractivity contribution in [1.82, 2.24) is 9.80 Å². The van der Waals surface area contributed by atoms with Crippen molar-refractivity contribution in [2.75, 3.05) is 13.7 Å². The maximum atomic E-state index is 12.9. The third-order valence-electron chi connectivity index (χ3n) is 6.22. The van der Waals surface area contributed by atoms with Crippen molar-refractivity contribution in [3.63, 3.8) is 0 Å². The van der Waals surface area contributed by atoms with Crippen LogP contribution in [-0.4, -0.2) is 58.7 Å². The van der Waals surface area contributed by atoms with Gasteiger partial charge in [-0.1, -0.05) is 45.2 Å². The zero-order valence-corrected chi connectivity index (χ0v) is 18.1. The Morgan fingerprint density at radius 2 is 1.68 bits per heavy atom. The average Bonchev–Trinajstić information content (AvgIpc) is 3.02. The van der Waals surface area contributed by atoms with Crippen LogP contribution in [0.15, 0.2) is 24.3 Å². The van der Waals surface area contributed by atoms with Gasteiger partial charge >= 0.3 is 5.97 Å². The number of carbonyl (C=O) groups is 4. The number of likely N-dealkylation sites (N-methyl/N-ethyl adjacent to an activating group) is 1. The Balaban J connectivity index is 1.71. The van der Waals surface area contributed by atoms with Crippen molar-refractivity contribution in [1.29, 1.82) is 5.26 Å². The highest BCUT2D eigenvalue weighted by Crippen LogP contribution is 2.32. The summed E-state index contributed by atoms with van der Waals surface area (Å²) in [6.07, 6.45) is 3.92. The van der Waals surface area contributed by atoms with E-state index in [0.29, 0.717) is 12.8 Å². The van der Waals surface area contributed by atoms with Crippen molar-refractivity contribution in [2.24, 2.45) is 5.92 Å². The number of hydrogen-bond donors (Lipinski definition) is 0. The van der Waals surface area contributed by atoms with E-state index in [4.69, 9.17) is 4.74 Å². The number of esters is 1. The lowest BCUT2D eigenvalue weighted by Gasteiger charge is -2.39. The summed E-state index contributed by atoms with van der Waals surface area (Å²) in [5.74, 6) is -2.82. The smallest absolute Gasteiger partial charge is 0.330 e. The van der Waals surface area contributed by atoms with Gasteiger partial charge in [-0.2, -0.15) is 5.26 Å². The summed E-state index contributed by atoms with van der Waals surface area (Å²) in [7, 11) is 1.55. The molecule has 0 saturated heterocycles. The SMILES string of the molecule is CC(C)[C@H](C(=O)OCC(=O)N(C)C1(C#N)CCCCC1)N1C(=O)c2ccccc2C1=O. The number of fused-ring (bicyclic) bond motifs is 1. The molecule has 31 heavy (non-hydrogen) atoms. The fraction of sp³-hybridized carbons (Fsp3) is 0.522. The molecule has 1 aromatic carbocycles. The van der Waals surface area contributed by atoms with E-state index in [1.54, 1.807) is 45.2 Å². The third kappa shape index (κ3) is 4.05. The van der Waals surface area contributed by atoms with Crippen molar-refractivity contribution < 1.29 is 23.9 Å². The summed E-state index contributed by atoms with van der Waals surface area (Å²) < 4.78 is 5.25. The topological polar surface area (TPSA) is 108 Å². The molecule has 8 nitrogen and oxygen atoms in total. The first-order valence-electron chi connectivity index (χ1n) is 10.5. The lowest BCUT2D eigenvalue weighted by molar-refractivity contribution is -0.157. The average molecular weight is 425 g/mol. The molecule has 0 bridgehead atoms. The van der Waals surface area contributed by atoms with Crippen LogP contribution in [0.25, 0.3) is 0 Å².